The molecule has 0 fully saturated rings. The number of carbonyl (C=O) groups is 1. The van der Waals surface area contributed by atoms with Crippen molar-refractivity contribution >= 4 is 38.2 Å². The number of benzene rings is 1. The number of hydrogen-bond acceptors (Lipinski definition) is 5. The predicted molar refractivity (Wildman–Crippen MR) is 118 cm³/mol. The van der Waals surface area contributed by atoms with Crippen LogP contribution in [0.5, 0.6) is 0 Å². The van der Waals surface area contributed by atoms with Crippen LogP contribution < -0.4 is 0 Å². The third kappa shape index (κ3) is 3.64. The molecule has 1 aromatic carbocycles. The van der Waals surface area contributed by atoms with Gasteiger partial charge in [-0.2, -0.15) is 0 Å². The van der Waals surface area contributed by atoms with E-state index in [9.17, 15) is 13.2 Å². The molecule has 0 aliphatic carbocycles. The Kier molecular flexibility index (Phi) is 5.21. The highest BCUT2D eigenvalue weighted by atomic mass is 32.2. The highest BCUT2D eigenvalue weighted by Gasteiger charge is 2.25. The van der Waals surface area contributed by atoms with Gasteiger partial charge in [0, 0.05) is 45.7 Å². The van der Waals surface area contributed by atoms with Crippen LogP contribution in [0.3, 0.4) is 0 Å². The molecule has 1 N–H and O–H groups in total. The zero-order valence-corrected chi connectivity index (χ0v) is 18.1. The minimum Gasteiger partial charge on any atom is -0.481 e. The minimum atomic E-state index is -3.80. The summed E-state index contributed by atoms with van der Waals surface area (Å²) in [6.07, 6.45) is 5.15. The smallest absolute Gasteiger partial charge is 0.303 e. The summed E-state index contributed by atoms with van der Waals surface area (Å²) in [6, 6.07) is 11.0. The highest BCUT2D eigenvalue weighted by molar-refractivity contribution is 7.90. The van der Waals surface area contributed by atoms with Crippen LogP contribution in [0.1, 0.15) is 21.7 Å². The standard InChI is InChI=1S/C22H20N2O4S2/c1-14-10-21(15(2)29-14)30(27,28)24-13-18(6-8-22(25)26)19-11-16(5-7-20(19)24)17-4-3-9-23-12-17/h3-5,7,9-13H,6,8H2,1-2H3,(H,25,26). The van der Waals surface area contributed by atoms with Crippen LogP contribution in [0.15, 0.2) is 59.9 Å². The molecule has 0 spiro atoms. The molecule has 3 aromatic heterocycles. The fraction of sp³-hybridized carbons (Fsp3) is 0.182. The molecule has 0 saturated carbocycles. The number of carboxylic acids is 1. The van der Waals surface area contributed by atoms with Gasteiger partial charge in [-0.05, 0) is 55.7 Å². The van der Waals surface area contributed by atoms with Crippen molar-refractivity contribution in [3.63, 3.8) is 0 Å². The quantitative estimate of drug-likeness (QED) is 0.472. The molecule has 0 atom stereocenters. The van der Waals surface area contributed by atoms with Crippen molar-refractivity contribution in [2.24, 2.45) is 0 Å². The predicted octanol–water partition coefficient (Wildman–Crippen LogP) is 4.64. The lowest BCUT2D eigenvalue weighted by Crippen LogP contribution is -2.12. The van der Waals surface area contributed by atoms with Crippen molar-refractivity contribution in [2.75, 3.05) is 0 Å². The Morgan fingerprint density at radius 3 is 2.60 bits per heavy atom. The first-order chi connectivity index (χ1) is 14.3. The van der Waals surface area contributed by atoms with Gasteiger partial charge in [0.15, 0.2) is 0 Å². The fourth-order valence-corrected chi connectivity index (χ4v) is 6.51. The van der Waals surface area contributed by atoms with E-state index in [1.54, 1.807) is 37.6 Å². The average Bonchev–Trinajstić information content (AvgIpc) is 3.26. The average molecular weight is 441 g/mol. The molecule has 0 unspecified atom stereocenters. The van der Waals surface area contributed by atoms with Gasteiger partial charge >= 0.3 is 5.97 Å². The number of thiophene rings is 1. The van der Waals surface area contributed by atoms with Gasteiger partial charge in [0.2, 0.25) is 0 Å². The van der Waals surface area contributed by atoms with Crippen molar-refractivity contribution in [1.82, 2.24) is 8.96 Å². The van der Waals surface area contributed by atoms with Gasteiger partial charge in [0.05, 0.1) is 5.52 Å². The van der Waals surface area contributed by atoms with E-state index >= 15 is 0 Å². The molecule has 4 rings (SSSR count). The summed E-state index contributed by atoms with van der Waals surface area (Å²) in [7, 11) is -3.80. The number of rotatable bonds is 6. The molecule has 154 valence electrons. The van der Waals surface area contributed by atoms with Crippen LogP contribution in [-0.2, 0) is 21.2 Å². The Hall–Kier alpha value is -2.97. The molecule has 3 heterocycles. The van der Waals surface area contributed by atoms with Crippen LogP contribution in [-0.4, -0.2) is 28.5 Å². The SMILES string of the molecule is Cc1cc(S(=O)(=O)n2cc(CCC(=O)O)c3cc(-c4cccnc4)ccc32)c(C)s1. The number of aryl methyl sites for hydroxylation is 3. The Morgan fingerprint density at radius 1 is 1.17 bits per heavy atom. The first-order valence-electron chi connectivity index (χ1n) is 9.36. The van der Waals surface area contributed by atoms with Gasteiger partial charge in [-0.15, -0.1) is 11.3 Å². The summed E-state index contributed by atoms with van der Waals surface area (Å²) in [6.45, 7) is 3.67. The summed E-state index contributed by atoms with van der Waals surface area (Å²) in [5.74, 6) is -0.925. The Bertz CT molecular complexity index is 1350. The number of hydrogen-bond donors (Lipinski definition) is 1. The summed E-state index contributed by atoms with van der Waals surface area (Å²) in [5, 5.41) is 9.86. The van der Waals surface area contributed by atoms with Crippen molar-refractivity contribution < 1.29 is 18.3 Å². The summed E-state index contributed by atoms with van der Waals surface area (Å²) in [4.78, 5) is 17.2. The van der Waals surface area contributed by atoms with Crippen LogP contribution in [0.2, 0.25) is 0 Å². The number of aliphatic carboxylic acids is 1. The van der Waals surface area contributed by atoms with Crippen LogP contribution >= 0.6 is 11.3 Å². The lowest BCUT2D eigenvalue weighted by molar-refractivity contribution is -0.136. The molecule has 6 nitrogen and oxygen atoms in total. The lowest BCUT2D eigenvalue weighted by atomic mass is 10.0. The third-order valence-electron chi connectivity index (χ3n) is 4.99. The van der Waals surface area contributed by atoms with E-state index < -0.39 is 16.0 Å². The molecule has 0 aliphatic heterocycles. The lowest BCUT2D eigenvalue weighted by Gasteiger charge is -2.08. The monoisotopic (exact) mass is 440 g/mol. The van der Waals surface area contributed by atoms with Gasteiger partial charge in [-0.1, -0.05) is 12.1 Å². The number of fused-ring (bicyclic) bond motifs is 1. The van der Waals surface area contributed by atoms with E-state index in [1.165, 1.54) is 15.3 Å². The van der Waals surface area contributed by atoms with E-state index in [0.29, 0.717) is 11.1 Å². The van der Waals surface area contributed by atoms with E-state index in [1.807, 2.05) is 31.2 Å². The third-order valence-corrected chi connectivity index (χ3v) is 7.88. The van der Waals surface area contributed by atoms with E-state index in [-0.39, 0.29) is 17.7 Å². The number of nitrogens with zero attached hydrogens (tertiary/aromatic N) is 2. The Labute approximate surface area is 178 Å². The second-order valence-corrected chi connectivity index (χ2v) is 10.3. The molecular formula is C22H20N2O4S2. The highest BCUT2D eigenvalue weighted by Crippen LogP contribution is 2.33. The van der Waals surface area contributed by atoms with Crippen molar-refractivity contribution in [3.05, 3.63) is 70.3 Å². The van der Waals surface area contributed by atoms with Gasteiger partial charge in [-0.25, -0.2) is 12.4 Å². The number of aromatic nitrogens is 2. The number of carboxylic acid groups (broad SMARTS) is 1. The normalized spacial score (nSPS) is 11.8. The second-order valence-electron chi connectivity index (χ2n) is 7.10. The molecule has 0 radical (unpaired) electrons. The van der Waals surface area contributed by atoms with Gasteiger partial charge < -0.3 is 5.11 Å². The summed E-state index contributed by atoms with van der Waals surface area (Å²) in [5.41, 5.74) is 3.02. The van der Waals surface area contributed by atoms with Gasteiger partial charge in [0.1, 0.15) is 4.90 Å². The summed E-state index contributed by atoms with van der Waals surface area (Å²) < 4.78 is 28.1. The van der Waals surface area contributed by atoms with E-state index in [0.717, 1.165) is 26.3 Å². The second kappa shape index (κ2) is 7.70. The number of pyridine rings is 1. The Balaban J connectivity index is 1.92. The fourth-order valence-electron chi connectivity index (χ4n) is 3.59. The van der Waals surface area contributed by atoms with Gasteiger partial charge in [-0.3, -0.25) is 9.78 Å². The first-order valence-corrected chi connectivity index (χ1v) is 11.6. The van der Waals surface area contributed by atoms with Crippen molar-refractivity contribution in [2.45, 2.75) is 31.6 Å². The largest absolute Gasteiger partial charge is 0.481 e. The zero-order chi connectivity index (χ0) is 21.5. The zero-order valence-electron chi connectivity index (χ0n) is 16.5. The maximum Gasteiger partial charge on any atom is 0.303 e. The molecule has 8 heteroatoms. The maximum atomic E-state index is 13.4. The molecule has 0 bridgehead atoms. The Morgan fingerprint density at radius 2 is 1.97 bits per heavy atom. The van der Waals surface area contributed by atoms with Crippen molar-refractivity contribution in [3.8, 4) is 11.1 Å². The van der Waals surface area contributed by atoms with Crippen LogP contribution in [0.25, 0.3) is 22.0 Å². The van der Waals surface area contributed by atoms with E-state index in [2.05, 4.69) is 4.98 Å². The maximum absolute atomic E-state index is 13.4. The molecule has 4 aromatic rings. The van der Waals surface area contributed by atoms with Crippen molar-refractivity contribution in [1.29, 1.82) is 0 Å². The molecule has 0 aliphatic rings. The molecule has 0 amide bonds. The first kappa shape index (κ1) is 20.3. The summed E-state index contributed by atoms with van der Waals surface area (Å²) >= 11 is 1.44. The van der Waals surface area contributed by atoms with Gasteiger partial charge in [0.25, 0.3) is 10.0 Å². The molecule has 30 heavy (non-hydrogen) atoms. The topological polar surface area (TPSA) is 89.3 Å². The minimum absolute atomic E-state index is 0.0765. The van der Waals surface area contributed by atoms with Crippen LogP contribution in [0, 0.1) is 13.8 Å². The van der Waals surface area contributed by atoms with Crippen LogP contribution in [0.4, 0.5) is 0 Å². The van der Waals surface area contributed by atoms with E-state index in [4.69, 9.17) is 5.11 Å². The molecular weight excluding hydrogens is 420 g/mol. The molecule has 0 saturated heterocycles.